The molecule has 0 aliphatic rings. The second-order valence-electron chi connectivity index (χ2n) is 6.13. The first-order valence-electron chi connectivity index (χ1n) is 8.86. The molecule has 2 aromatic carbocycles. The van der Waals surface area contributed by atoms with E-state index in [-0.39, 0.29) is 29.1 Å². The van der Waals surface area contributed by atoms with Crippen LogP contribution in [0.5, 0.6) is 0 Å². The Hall–Kier alpha value is -2.02. The van der Waals surface area contributed by atoms with Gasteiger partial charge < -0.3 is 9.84 Å². The summed E-state index contributed by atoms with van der Waals surface area (Å²) in [4.78, 5) is 21.8. The van der Waals surface area contributed by atoms with Crippen LogP contribution in [0.25, 0.3) is 0 Å². The molecule has 11 heteroatoms. The summed E-state index contributed by atoms with van der Waals surface area (Å²) in [7, 11) is 0. The van der Waals surface area contributed by atoms with Crippen molar-refractivity contribution < 1.29 is 41.4 Å². The molecule has 2 rings (SSSR count). The van der Waals surface area contributed by atoms with Crippen LogP contribution in [-0.4, -0.2) is 35.8 Å². The Morgan fingerprint density at radius 3 is 2.00 bits per heavy atom. The van der Waals surface area contributed by atoms with Gasteiger partial charge in [0.15, 0.2) is 0 Å². The third-order valence-corrected chi connectivity index (χ3v) is 4.99. The number of halogens is 7. The molecule has 2 aromatic rings. The van der Waals surface area contributed by atoms with Crippen molar-refractivity contribution in [3.05, 3.63) is 79.9 Å². The molecule has 0 radical (unpaired) electrons. The molecule has 0 heterocycles. The minimum absolute atomic E-state index is 0.0418. The van der Waals surface area contributed by atoms with Gasteiger partial charge in [0, 0.05) is 10.5 Å². The molecule has 4 nitrogen and oxygen atoms in total. The van der Waals surface area contributed by atoms with E-state index in [1.165, 1.54) is 22.6 Å². The number of esters is 1. The zero-order chi connectivity index (χ0) is 24.4. The highest BCUT2D eigenvalue weighted by atomic mass is 127. The van der Waals surface area contributed by atoms with Crippen LogP contribution >= 0.6 is 38.5 Å². The highest BCUT2D eigenvalue weighted by Gasteiger charge is 2.55. The maximum Gasteiger partial charge on any atom is 0.457 e. The van der Waals surface area contributed by atoms with Gasteiger partial charge in [0.25, 0.3) is 0 Å². The molecule has 0 unspecified atom stereocenters. The van der Waals surface area contributed by atoms with E-state index in [1.54, 1.807) is 54.6 Å². The summed E-state index contributed by atoms with van der Waals surface area (Å²) in [6.45, 7) is -0.0766. The number of carbonyl (C=O) groups is 2. The molecule has 0 atom stereocenters. The summed E-state index contributed by atoms with van der Waals surface area (Å²) in [5, 5.41) is 8.38. The fourth-order valence-corrected chi connectivity index (χ4v) is 3.04. The van der Waals surface area contributed by atoms with Crippen molar-refractivity contribution in [2.75, 3.05) is 6.61 Å². The van der Waals surface area contributed by atoms with Crippen molar-refractivity contribution in [2.45, 2.75) is 24.9 Å². The van der Waals surface area contributed by atoms with Gasteiger partial charge in [0.2, 0.25) is 0 Å². The number of carboxylic acid groups (broad SMARTS) is 1. The first-order valence-corrected chi connectivity index (χ1v) is 10.7. The summed E-state index contributed by atoms with van der Waals surface area (Å²) >= 11 is 4.63. The molecular weight excluding hydrogens is 618 g/mol. The minimum atomic E-state index is -5.61. The standard InChI is InChI=1S/C14H11BrF5IO2.C7H6O2/c15-10-5-3-9(4-6-10)12(22)23-7-1-2-11(21)8-13(16,17)14(18,19)20;8-7(9)6-4-2-1-3-5-6/h3-6,8H,1-2,7H2;1-5H,(H,8,9). The van der Waals surface area contributed by atoms with E-state index in [4.69, 9.17) is 9.84 Å². The van der Waals surface area contributed by atoms with Gasteiger partial charge in [-0.15, -0.1) is 0 Å². The third-order valence-electron chi connectivity index (χ3n) is 3.61. The zero-order valence-electron chi connectivity index (χ0n) is 16.2. The van der Waals surface area contributed by atoms with Crippen LogP contribution in [0.3, 0.4) is 0 Å². The molecule has 0 aromatic heterocycles. The Balaban J connectivity index is 0.000000471. The Bertz CT molecular complexity index is 916. The number of rotatable bonds is 7. The molecule has 174 valence electrons. The average Bonchev–Trinajstić information content (AvgIpc) is 2.71. The molecule has 1 N–H and O–H groups in total. The summed E-state index contributed by atoms with van der Waals surface area (Å²) in [6.07, 6.45) is -5.63. The lowest BCUT2D eigenvalue weighted by atomic mass is 10.2. The van der Waals surface area contributed by atoms with Gasteiger partial charge in [-0.25, -0.2) is 9.59 Å². The number of hydrogen-bond donors (Lipinski definition) is 1. The molecule has 0 fully saturated rings. The monoisotopic (exact) mass is 634 g/mol. The van der Waals surface area contributed by atoms with Crippen molar-refractivity contribution in [3.63, 3.8) is 0 Å². The van der Waals surface area contributed by atoms with Gasteiger partial charge in [-0.1, -0.05) is 34.1 Å². The van der Waals surface area contributed by atoms with E-state index in [2.05, 4.69) is 15.9 Å². The highest BCUT2D eigenvalue weighted by Crippen LogP contribution is 2.38. The predicted octanol–water partition coefficient (Wildman–Crippen LogP) is 7.29. The number of ether oxygens (including phenoxy) is 1. The normalized spacial score (nSPS) is 11.9. The summed E-state index contributed by atoms with van der Waals surface area (Å²) in [5.74, 6) is -6.33. The van der Waals surface area contributed by atoms with Gasteiger partial charge in [-0.05, 0) is 75.4 Å². The Morgan fingerprint density at radius 2 is 1.53 bits per heavy atom. The van der Waals surface area contributed by atoms with Crippen LogP contribution in [0, 0.1) is 0 Å². The van der Waals surface area contributed by atoms with Crippen molar-refractivity contribution in [1.82, 2.24) is 0 Å². The maximum atomic E-state index is 12.8. The number of hydrogen-bond acceptors (Lipinski definition) is 3. The number of benzene rings is 2. The van der Waals surface area contributed by atoms with Crippen LogP contribution in [0.15, 0.2) is 68.7 Å². The van der Waals surface area contributed by atoms with E-state index >= 15 is 0 Å². The molecule has 0 bridgehead atoms. The SMILES string of the molecule is O=C(O)c1ccccc1.O=C(OCCCC(I)=CC(F)(F)C(F)(F)F)c1ccc(Br)cc1. The molecule has 0 saturated carbocycles. The Labute approximate surface area is 202 Å². The van der Waals surface area contributed by atoms with Gasteiger partial charge >= 0.3 is 24.0 Å². The predicted molar refractivity (Wildman–Crippen MR) is 120 cm³/mol. The van der Waals surface area contributed by atoms with E-state index in [9.17, 15) is 31.5 Å². The van der Waals surface area contributed by atoms with Gasteiger partial charge in [0.05, 0.1) is 17.7 Å². The highest BCUT2D eigenvalue weighted by molar-refractivity contribution is 14.1. The van der Waals surface area contributed by atoms with Gasteiger partial charge in [-0.2, -0.15) is 22.0 Å². The first-order chi connectivity index (χ1) is 14.8. The summed E-state index contributed by atoms with van der Waals surface area (Å²) < 4.78 is 67.2. The molecule has 0 amide bonds. The van der Waals surface area contributed by atoms with Crippen LogP contribution in [0.2, 0.25) is 0 Å². The van der Waals surface area contributed by atoms with Crippen molar-refractivity contribution in [2.24, 2.45) is 0 Å². The summed E-state index contributed by atoms with van der Waals surface area (Å²) in [5.41, 5.74) is 0.652. The van der Waals surface area contributed by atoms with Gasteiger partial charge in [0.1, 0.15) is 0 Å². The average molecular weight is 635 g/mol. The molecule has 0 spiro atoms. The second-order valence-corrected chi connectivity index (χ2v) is 8.43. The van der Waals surface area contributed by atoms with Crippen LogP contribution < -0.4 is 0 Å². The maximum absolute atomic E-state index is 12.8. The number of carboxylic acids is 1. The van der Waals surface area contributed by atoms with Gasteiger partial charge in [-0.3, -0.25) is 0 Å². The first kappa shape index (κ1) is 28.0. The fraction of sp³-hybridized carbons (Fsp3) is 0.238. The molecule has 32 heavy (non-hydrogen) atoms. The molecular formula is C21H17BrF5IO4. The summed E-state index contributed by atoms with van der Waals surface area (Å²) in [6, 6.07) is 14.7. The molecule has 0 aliphatic carbocycles. The number of allylic oxidation sites excluding steroid dienone is 2. The van der Waals surface area contributed by atoms with Crippen LogP contribution in [0.1, 0.15) is 33.6 Å². The molecule has 0 saturated heterocycles. The Kier molecular flexibility index (Phi) is 11.3. The van der Waals surface area contributed by atoms with E-state index in [0.717, 1.165) is 4.47 Å². The zero-order valence-corrected chi connectivity index (χ0v) is 20.0. The molecule has 0 aliphatic heterocycles. The lowest BCUT2D eigenvalue weighted by Crippen LogP contribution is -2.34. The Morgan fingerprint density at radius 1 is 0.969 bits per heavy atom. The van der Waals surface area contributed by atoms with Crippen molar-refractivity contribution >= 4 is 50.5 Å². The lowest BCUT2D eigenvalue weighted by Gasteiger charge is -2.16. The van der Waals surface area contributed by atoms with Crippen molar-refractivity contribution in [1.29, 1.82) is 0 Å². The van der Waals surface area contributed by atoms with Crippen molar-refractivity contribution in [3.8, 4) is 0 Å². The third kappa shape index (κ3) is 10.1. The van der Waals surface area contributed by atoms with E-state index < -0.39 is 24.0 Å². The topological polar surface area (TPSA) is 63.6 Å². The quantitative estimate of drug-likeness (QED) is 0.150. The fourth-order valence-electron chi connectivity index (χ4n) is 2.01. The smallest absolute Gasteiger partial charge is 0.457 e. The number of carbonyl (C=O) groups excluding carboxylic acids is 1. The van der Waals surface area contributed by atoms with E-state index in [0.29, 0.717) is 11.1 Å². The lowest BCUT2D eigenvalue weighted by molar-refractivity contribution is -0.259. The largest absolute Gasteiger partial charge is 0.478 e. The van der Waals surface area contributed by atoms with Crippen LogP contribution in [-0.2, 0) is 4.74 Å². The second kappa shape index (κ2) is 12.9. The van der Waals surface area contributed by atoms with Crippen LogP contribution in [0.4, 0.5) is 22.0 Å². The number of aromatic carboxylic acids is 1. The van der Waals surface area contributed by atoms with E-state index in [1.807, 2.05) is 0 Å². The minimum Gasteiger partial charge on any atom is -0.478 e. The number of alkyl halides is 5.